The number of nitro benzene ring substituents is 1. The highest BCUT2D eigenvalue weighted by atomic mass is 32.2. The maximum absolute atomic E-state index is 12.9. The third kappa shape index (κ3) is 4.21. The molecule has 1 fully saturated rings. The molecule has 0 aliphatic heterocycles. The molecule has 1 N–H and O–H groups in total. The lowest BCUT2D eigenvalue weighted by molar-refractivity contribution is -0.385. The summed E-state index contributed by atoms with van der Waals surface area (Å²) in [6.45, 7) is 2.13. The highest BCUT2D eigenvalue weighted by Crippen LogP contribution is 2.38. The van der Waals surface area contributed by atoms with Crippen LogP contribution in [0, 0.1) is 15.9 Å². The van der Waals surface area contributed by atoms with E-state index in [2.05, 4.69) is 11.6 Å². The van der Waals surface area contributed by atoms with Crippen molar-refractivity contribution in [1.82, 2.24) is 4.72 Å². The molecule has 0 atom stereocenters. The summed E-state index contributed by atoms with van der Waals surface area (Å²) in [5.74, 6) is -0.309. The van der Waals surface area contributed by atoms with Crippen molar-refractivity contribution >= 4 is 29.8 Å². The number of rotatable bonds is 6. The fraction of sp³-hybridized carbons (Fsp3) is 0.222. The van der Waals surface area contributed by atoms with Crippen molar-refractivity contribution in [2.45, 2.75) is 30.2 Å². The Morgan fingerprint density at radius 1 is 1.21 bits per heavy atom. The zero-order valence-corrected chi connectivity index (χ0v) is 14.0. The summed E-state index contributed by atoms with van der Waals surface area (Å²) in [7, 11) is 0. The van der Waals surface area contributed by atoms with Crippen molar-refractivity contribution < 1.29 is 9.31 Å². The van der Waals surface area contributed by atoms with Gasteiger partial charge >= 0.3 is 0 Å². The van der Waals surface area contributed by atoms with Crippen LogP contribution in [0.25, 0.3) is 12.2 Å². The van der Waals surface area contributed by atoms with E-state index in [0.717, 1.165) is 23.3 Å². The van der Waals surface area contributed by atoms with Gasteiger partial charge in [-0.25, -0.2) is 4.39 Å². The summed E-state index contributed by atoms with van der Waals surface area (Å²) >= 11 is 1.43. The Morgan fingerprint density at radius 2 is 1.92 bits per heavy atom. The number of halogens is 1. The molecule has 6 heteroatoms. The Kier molecular flexibility index (Phi) is 4.69. The molecule has 0 heterocycles. The Balaban J connectivity index is 1.78. The van der Waals surface area contributed by atoms with Gasteiger partial charge in [-0.05, 0) is 67.6 Å². The molecule has 124 valence electrons. The Bertz CT molecular complexity index is 786. The van der Waals surface area contributed by atoms with Gasteiger partial charge in [0.25, 0.3) is 5.69 Å². The second-order valence-corrected chi connectivity index (χ2v) is 7.01. The molecule has 1 saturated carbocycles. The van der Waals surface area contributed by atoms with E-state index >= 15 is 0 Å². The van der Waals surface area contributed by atoms with Gasteiger partial charge in [-0.3, -0.25) is 14.8 Å². The maximum Gasteiger partial charge on any atom is 0.277 e. The van der Waals surface area contributed by atoms with Crippen molar-refractivity contribution in [2.75, 3.05) is 0 Å². The molecule has 0 unspecified atom stereocenters. The number of hydrogen-bond donors (Lipinski definition) is 1. The van der Waals surface area contributed by atoms with Crippen LogP contribution < -0.4 is 4.72 Å². The number of nitro groups is 1. The van der Waals surface area contributed by atoms with Gasteiger partial charge in [0.15, 0.2) is 0 Å². The first-order valence-corrected chi connectivity index (χ1v) is 8.43. The molecule has 2 aromatic rings. The molecule has 4 nitrogen and oxygen atoms in total. The number of benzene rings is 2. The summed E-state index contributed by atoms with van der Waals surface area (Å²) in [6, 6.07) is 11.1. The molecule has 1 aliphatic rings. The van der Waals surface area contributed by atoms with E-state index in [0.29, 0.717) is 5.56 Å². The predicted octanol–water partition coefficient (Wildman–Crippen LogP) is 5.05. The van der Waals surface area contributed by atoms with E-state index in [9.17, 15) is 14.5 Å². The molecular formula is C18H17FN2O2S. The number of nitrogens with one attached hydrogen (secondary N) is 1. The van der Waals surface area contributed by atoms with E-state index in [1.54, 1.807) is 36.4 Å². The van der Waals surface area contributed by atoms with Crippen molar-refractivity contribution in [3.63, 3.8) is 0 Å². The lowest BCUT2D eigenvalue weighted by atomic mass is 10.1. The molecule has 24 heavy (non-hydrogen) atoms. The van der Waals surface area contributed by atoms with E-state index in [1.165, 1.54) is 24.1 Å². The van der Waals surface area contributed by atoms with Gasteiger partial charge < -0.3 is 0 Å². The fourth-order valence-electron chi connectivity index (χ4n) is 2.12. The van der Waals surface area contributed by atoms with Crippen molar-refractivity contribution in [3.8, 4) is 0 Å². The number of nitrogens with zero attached hydrogens (tertiary/aromatic N) is 1. The lowest BCUT2D eigenvalue weighted by Crippen LogP contribution is -2.19. The topological polar surface area (TPSA) is 55.2 Å². The zero-order valence-electron chi connectivity index (χ0n) is 13.2. The average Bonchev–Trinajstić information content (AvgIpc) is 3.31. The van der Waals surface area contributed by atoms with Crippen LogP contribution in [0.2, 0.25) is 0 Å². The third-order valence-corrected chi connectivity index (χ3v) is 5.02. The quantitative estimate of drug-likeness (QED) is 0.345. The zero-order chi connectivity index (χ0) is 17.2. The minimum absolute atomic E-state index is 0.0566. The SMILES string of the molecule is CC1(NSc2ccc(/C=C/c3ccc(F)cc3)c([N+](=O)[O-])c2)CC1. The van der Waals surface area contributed by atoms with Crippen LogP contribution >= 0.6 is 11.9 Å². The number of hydrogen-bond acceptors (Lipinski definition) is 4. The maximum atomic E-state index is 12.9. The molecule has 0 radical (unpaired) electrons. The van der Waals surface area contributed by atoms with E-state index in [1.807, 2.05) is 6.07 Å². The predicted molar refractivity (Wildman–Crippen MR) is 95.1 cm³/mol. The second-order valence-electron chi connectivity index (χ2n) is 6.13. The van der Waals surface area contributed by atoms with Gasteiger partial charge in [-0.2, -0.15) is 0 Å². The van der Waals surface area contributed by atoms with Gasteiger partial charge in [0.05, 0.1) is 10.5 Å². The normalized spacial score (nSPS) is 15.6. The highest BCUT2D eigenvalue weighted by Gasteiger charge is 2.37. The van der Waals surface area contributed by atoms with Crippen LogP contribution in [-0.4, -0.2) is 10.5 Å². The van der Waals surface area contributed by atoms with Crippen LogP contribution in [0.3, 0.4) is 0 Å². The summed E-state index contributed by atoms with van der Waals surface area (Å²) in [5, 5.41) is 11.3. The monoisotopic (exact) mass is 344 g/mol. The van der Waals surface area contributed by atoms with Gasteiger partial charge in [0, 0.05) is 16.5 Å². The molecule has 0 aromatic heterocycles. The van der Waals surface area contributed by atoms with Gasteiger partial charge in [-0.1, -0.05) is 18.2 Å². The standard InChI is InChI=1S/C18H17FN2O2S/c1-18(10-11-18)20-24-16-9-6-14(17(12-16)21(22)23)5-2-13-3-7-15(19)8-4-13/h2-9,12,20H,10-11H2,1H3/b5-2+. The van der Waals surface area contributed by atoms with E-state index in [4.69, 9.17) is 0 Å². The largest absolute Gasteiger partial charge is 0.277 e. The van der Waals surface area contributed by atoms with Crippen molar-refractivity contribution in [3.05, 3.63) is 69.5 Å². The summed E-state index contributed by atoms with van der Waals surface area (Å²) < 4.78 is 16.2. The summed E-state index contributed by atoms with van der Waals surface area (Å²) in [4.78, 5) is 11.8. The van der Waals surface area contributed by atoms with Crippen LogP contribution in [0.4, 0.5) is 10.1 Å². The van der Waals surface area contributed by atoms with Gasteiger partial charge in [0.2, 0.25) is 0 Å². The Morgan fingerprint density at radius 3 is 2.54 bits per heavy atom. The first kappa shape index (κ1) is 16.7. The van der Waals surface area contributed by atoms with Crippen molar-refractivity contribution in [2.24, 2.45) is 0 Å². The molecule has 0 spiro atoms. The van der Waals surface area contributed by atoms with Crippen molar-refractivity contribution in [1.29, 1.82) is 0 Å². The smallest absolute Gasteiger partial charge is 0.258 e. The molecule has 0 bridgehead atoms. The molecule has 0 amide bonds. The second kappa shape index (κ2) is 6.75. The van der Waals surface area contributed by atoms with E-state index in [-0.39, 0.29) is 22.0 Å². The van der Waals surface area contributed by atoms with Gasteiger partial charge in [0.1, 0.15) is 5.82 Å². The molecular weight excluding hydrogens is 327 g/mol. The summed E-state index contributed by atoms with van der Waals surface area (Å²) in [6.07, 6.45) is 5.66. The molecule has 2 aromatic carbocycles. The first-order valence-electron chi connectivity index (χ1n) is 7.61. The first-order chi connectivity index (χ1) is 11.5. The average molecular weight is 344 g/mol. The van der Waals surface area contributed by atoms with E-state index < -0.39 is 0 Å². The molecule has 1 aliphatic carbocycles. The molecule has 3 rings (SSSR count). The Labute approximate surface area is 144 Å². The van der Waals surface area contributed by atoms with Crippen LogP contribution in [0.5, 0.6) is 0 Å². The van der Waals surface area contributed by atoms with Gasteiger partial charge in [-0.15, -0.1) is 0 Å². The Hall–Kier alpha value is -2.18. The third-order valence-electron chi connectivity index (χ3n) is 3.94. The fourth-order valence-corrected chi connectivity index (χ4v) is 2.99. The van der Waals surface area contributed by atoms with Crippen LogP contribution in [-0.2, 0) is 0 Å². The van der Waals surface area contributed by atoms with Crippen LogP contribution in [0.15, 0.2) is 47.4 Å². The minimum atomic E-state index is -0.382. The van der Waals surface area contributed by atoms with Crippen LogP contribution in [0.1, 0.15) is 30.9 Å². The highest BCUT2D eigenvalue weighted by molar-refractivity contribution is 7.97. The molecule has 0 saturated heterocycles. The lowest BCUT2D eigenvalue weighted by Gasteiger charge is -2.10. The summed E-state index contributed by atoms with van der Waals surface area (Å²) in [5.41, 5.74) is 1.51. The minimum Gasteiger partial charge on any atom is -0.258 e.